The minimum Gasteiger partial charge on any atom is -0.397 e. The van der Waals surface area contributed by atoms with Crippen LogP contribution in [0.5, 0.6) is 5.19 Å². The molecule has 0 spiro atoms. The van der Waals surface area contributed by atoms with E-state index in [4.69, 9.17) is 4.74 Å². The third kappa shape index (κ3) is 3.15. The van der Waals surface area contributed by atoms with E-state index in [1.807, 2.05) is 0 Å². The molecule has 1 aromatic heterocycles. The number of aromatic nitrogens is 1. The van der Waals surface area contributed by atoms with Crippen molar-refractivity contribution < 1.29 is 9.53 Å². The smallest absolute Gasteiger partial charge is 0.330 e. The molecule has 1 atom stereocenters. The van der Waals surface area contributed by atoms with Crippen molar-refractivity contribution in [3.8, 4) is 5.19 Å². The maximum Gasteiger partial charge on any atom is 0.330 e. The second kappa shape index (κ2) is 6.01. The molecule has 0 bridgehead atoms. The Labute approximate surface area is 117 Å². The molecule has 19 heavy (non-hydrogen) atoms. The molecular weight excluding hydrogens is 260 g/mol. The molecule has 0 aromatic carbocycles. The van der Waals surface area contributed by atoms with Gasteiger partial charge in [0.25, 0.3) is 5.19 Å². The van der Waals surface area contributed by atoms with E-state index in [0.29, 0.717) is 11.1 Å². The summed E-state index contributed by atoms with van der Waals surface area (Å²) in [4.78, 5) is 16.4. The lowest BCUT2D eigenvalue weighted by Crippen LogP contribution is -2.34. The van der Waals surface area contributed by atoms with E-state index in [9.17, 15) is 4.79 Å². The van der Waals surface area contributed by atoms with Crippen LogP contribution in [0.15, 0.2) is 5.38 Å². The maximum atomic E-state index is 11.9. The molecule has 1 aromatic rings. The second-order valence-electron chi connectivity index (χ2n) is 5.44. The lowest BCUT2D eigenvalue weighted by Gasteiger charge is -2.19. The standard InChI is InChI=1S/C14H20N2O2S/c17-13(11-7-4-8-15-11)18-14-16-12(9-19-14)10-5-2-1-3-6-10/h9-11,15H,1-8H2. The van der Waals surface area contributed by atoms with Crippen LogP contribution in [-0.2, 0) is 4.79 Å². The minimum absolute atomic E-state index is 0.137. The van der Waals surface area contributed by atoms with Crippen molar-refractivity contribution in [1.29, 1.82) is 0 Å². The lowest BCUT2D eigenvalue weighted by molar-refractivity contribution is -0.136. The van der Waals surface area contributed by atoms with Gasteiger partial charge in [0, 0.05) is 11.3 Å². The van der Waals surface area contributed by atoms with Crippen LogP contribution in [0.25, 0.3) is 0 Å². The van der Waals surface area contributed by atoms with Crippen molar-refractivity contribution >= 4 is 17.3 Å². The highest BCUT2D eigenvalue weighted by Gasteiger charge is 2.25. The molecule has 4 nitrogen and oxygen atoms in total. The number of esters is 1. The summed E-state index contributed by atoms with van der Waals surface area (Å²) in [6, 6.07) is -0.137. The zero-order valence-corrected chi connectivity index (χ0v) is 11.9. The summed E-state index contributed by atoms with van der Waals surface area (Å²) in [5, 5.41) is 5.72. The van der Waals surface area contributed by atoms with Crippen molar-refractivity contribution in [2.45, 2.75) is 56.9 Å². The maximum absolute atomic E-state index is 11.9. The van der Waals surface area contributed by atoms with Crippen molar-refractivity contribution in [3.05, 3.63) is 11.1 Å². The van der Waals surface area contributed by atoms with Gasteiger partial charge in [-0.25, -0.2) is 9.78 Å². The molecule has 1 N–H and O–H groups in total. The molecule has 0 radical (unpaired) electrons. The van der Waals surface area contributed by atoms with E-state index < -0.39 is 0 Å². The Morgan fingerprint density at radius 2 is 2.11 bits per heavy atom. The van der Waals surface area contributed by atoms with Gasteiger partial charge in [-0.1, -0.05) is 30.6 Å². The summed E-state index contributed by atoms with van der Waals surface area (Å²) in [5.74, 6) is 0.393. The van der Waals surface area contributed by atoms with Crippen LogP contribution in [0.2, 0.25) is 0 Å². The highest BCUT2D eigenvalue weighted by atomic mass is 32.1. The first-order chi connectivity index (χ1) is 9.33. The molecule has 5 heteroatoms. The third-order valence-electron chi connectivity index (χ3n) is 4.06. The monoisotopic (exact) mass is 280 g/mol. The van der Waals surface area contributed by atoms with E-state index in [1.54, 1.807) is 0 Å². The van der Waals surface area contributed by atoms with Gasteiger partial charge in [-0.2, -0.15) is 0 Å². The fourth-order valence-electron chi connectivity index (χ4n) is 2.94. The number of nitrogens with zero attached hydrogens (tertiary/aromatic N) is 1. The Morgan fingerprint density at radius 3 is 2.84 bits per heavy atom. The molecule has 1 saturated heterocycles. The number of hydrogen-bond acceptors (Lipinski definition) is 5. The van der Waals surface area contributed by atoms with Gasteiger partial charge in [0.15, 0.2) is 0 Å². The number of ether oxygens (including phenoxy) is 1. The third-order valence-corrected chi connectivity index (χ3v) is 4.79. The molecule has 2 heterocycles. The first kappa shape index (κ1) is 13.1. The van der Waals surface area contributed by atoms with Gasteiger partial charge >= 0.3 is 5.97 Å². The largest absolute Gasteiger partial charge is 0.397 e. The SMILES string of the molecule is O=C(Oc1nc(C2CCCCC2)cs1)C1CCCN1. The van der Waals surface area contributed by atoms with E-state index in [0.717, 1.165) is 25.1 Å². The summed E-state index contributed by atoms with van der Waals surface area (Å²) in [6.07, 6.45) is 8.30. The second-order valence-corrected chi connectivity index (χ2v) is 6.26. The van der Waals surface area contributed by atoms with Crippen molar-refractivity contribution in [2.75, 3.05) is 6.54 Å². The average Bonchev–Trinajstić information content (AvgIpc) is 3.11. The highest BCUT2D eigenvalue weighted by Crippen LogP contribution is 2.34. The normalized spacial score (nSPS) is 24.5. The molecule has 1 aliphatic heterocycles. The fraction of sp³-hybridized carbons (Fsp3) is 0.714. The number of nitrogens with one attached hydrogen (secondary N) is 1. The van der Waals surface area contributed by atoms with Gasteiger partial charge in [0.05, 0.1) is 5.69 Å². The zero-order valence-electron chi connectivity index (χ0n) is 11.1. The van der Waals surface area contributed by atoms with E-state index in [1.165, 1.54) is 43.4 Å². The Hall–Kier alpha value is -0.940. The quantitative estimate of drug-likeness (QED) is 0.865. The first-order valence-corrected chi connectivity index (χ1v) is 8.11. The topological polar surface area (TPSA) is 51.2 Å². The lowest BCUT2D eigenvalue weighted by atomic mass is 9.87. The predicted molar refractivity (Wildman–Crippen MR) is 74.6 cm³/mol. The molecule has 0 amide bonds. The number of carbonyl (C=O) groups is 1. The molecule has 2 aliphatic rings. The molecular formula is C14H20N2O2S. The average molecular weight is 280 g/mol. The van der Waals surface area contributed by atoms with Crippen LogP contribution in [0, 0.1) is 0 Å². The predicted octanol–water partition coefficient (Wildman–Crippen LogP) is 2.85. The summed E-state index contributed by atoms with van der Waals surface area (Å²) in [5.41, 5.74) is 1.12. The van der Waals surface area contributed by atoms with Gasteiger partial charge in [-0.05, 0) is 32.2 Å². The van der Waals surface area contributed by atoms with Crippen LogP contribution >= 0.6 is 11.3 Å². The molecule has 2 fully saturated rings. The molecule has 1 unspecified atom stereocenters. The Balaban J connectivity index is 1.59. The van der Waals surface area contributed by atoms with Gasteiger partial charge in [-0.3, -0.25) is 0 Å². The van der Waals surface area contributed by atoms with Crippen LogP contribution < -0.4 is 10.1 Å². The number of carbonyl (C=O) groups excluding carboxylic acids is 1. The van der Waals surface area contributed by atoms with Crippen LogP contribution in [-0.4, -0.2) is 23.5 Å². The van der Waals surface area contributed by atoms with Gasteiger partial charge in [0.1, 0.15) is 6.04 Å². The van der Waals surface area contributed by atoms with E-state index >= 15 is 0 Å². The molecule has 3 rings (SSSR count). The van der Waals surface area contributed by atoms with Crippen molar-refractivity contribution in [2.24, 2.45) is 0 Å². The summed E-state index contributed by atoms with van der Waals surface area (Å²) in [6.45, 7) is 0.908. The van der Waals surface area contributed by atoms with Crippen molar-refractivity contribution in [3.63, 3.8) is 0 Å². The highest BCUT2D eigenvalue weighted by molar-refractivity contribution is 7.11. The molecule has 1 saturated carbocycles. The number of hydrogen-bond donors (Lipinski definition) is 1. The number of thiazole rings is 1. The van der Waals surface area contributed by atoms with Crippen LogP contribution in [0.3, 0.4) is 0 Å². The minimum atomic E-state index is -0.179. The number of rotatable bonds is 3. The van der Waals surface area contributed by atoms with Crippen LogP contribution in [0.4, 0.5) is 0 Å². The summed E-state index contributed by atoms with van der Waals surface area (Å²) in [7, 11) is 0. The van der Waals surface area contributed by atoms with Gasteiger partial charge in [-0.15, -0.1) is 0 Å². The molecule has 104 valence electrons. The Kier molecular flexibility index (Phi) is 4.13. The van der Waals surface area contributed by atoms with E-state index in [-0.39, 0.29) is 12.0 Å². The fourth-order valence-corrected chi connectivity index (χ4v) is 3.70. The molecule has 1 aliphatic carbocycles. The van der Waals surface area contributed by atoms with E-state index in [2.05, 4.69) is 15.7 Å². The van der Waals surface area contributed by atoms with Crippen LogP contribution in [0.1, 0.15) is 56.6 Å². The Bertz CT molecular complexity index is 434. The first-order valence-electron chi connectivity index (χ1n) is 7.23. The summed E-state index contributed by atoms with van der Waals surface area (Å²) >= 11 is 1.45. The van der Waals surface area contributed by atoms with Crippen molar-refractivity contribution in [1.82, 2.24) is 10.3 Å². The summed E-state index contributed by atoms with van der Waals surface area (Å²) < 4.78 is 5.38. The Morgan fingerprint density at radius 1 is 1.26 bits per heavy atom. The zero-order chi connectivity index (χ0) is 13.1. The van der Waals surface area contributed by atoms with Gasteiger partial charge < -0.3 is 10.1 Å². The van der Waals surface area contributed by atoms with Gasteiger partial charge in [0.2, 0.25) is 0 Å².